The molecule has 38 heavy (non-hydrogen) atoms. The van der Waals surface area contributed by atoms with Gasteiger partial charge in [0.25, 0.3) is 5.91 Å². The van der Waals surface area contributed by atoms with Gasteiger partial charge in [-0.25, -0.2) is 17.9 Å². The number of benzene rings is 3. The van der Waals surface area contributed by atoms with Gasteiger partial charge in [0, 0.05) is 11.6 Å². The molecule has 9 heteroatoms. The summed E-state index contributed by atoms with van der Waals surface area (Å²) < 4.78 is 54.6. The molecule has 0 N–H and O–H groups in total. The van der Waals surface area contributed by atoms with E-state index in [0.29, 0.717) is 22.7 Å². The van der Waals surface area contributed by atoms with Gasteiger partial charge in [-0.3, -0.25) is 4.79 Å². The summed E-state index contributed by atoms with van der Waals surface area (Å²) >= 11 is 0. The highest BCUT2D eigenvalue weighted by molar-refractivity contribution is 5.94. The minimum atomic E-state index is -0.885. The van der Waals surface area contributed by atoms with Crippen LogP contribution in [0.5, 0.6) is 11.6 Å². The van der Waals surface area contributed by atoms with E-state index in [4.69, 9.17) is 9.15 Å². The Morgan fingerprint density at radius 3 is 2.34 bits per heavy atom. The Morgan fingerprint density at radius 1 is 0.921 bits per heavy atom. The average Bonchev–Trinajstić information content (AvgIpc) is 3.54. The third kappa shape index (κ3) is 5.31. The lowest BCUT2D eigenvalue weighted by atomic mass is 10.1. The normalized spacial score (nSPS) is 10.9. The highest BCUT2D eigenvalue weighted by Gasteiger charge is 2.26. The highest BCUT2D eigenvalue weighted by Crippen LogP contribution is 2.33. The summed E-state index contributed by atoms with van der Waals surface area (Å²) in [5.41, 5.74) is 1.95. The third-order valence-corrected chi connectivity index (χ3v) is 5.89. The summed E-state index contributed by atoms with van der Waals surface area (Å²) in [7, 11) is 0. The summed E-state index contributed by atoms with van der Waals surface area (Å²) in [6, 6.07) is 20.7. The topological polar surface area (TPSA) is 60.5 Å². The molecule has 0 saturated carbocycles. The number of amides is 1. The molecule has 6 nitrogen and oxygen atoms in total. The van der Waals surface area contributed by atoms with E-state index in [1.165, 1.54) is 46.2 Å². The van der Waals surface area contributed by atoms with Crippen molar-refractivity contribution in [1.82, 2.24) is 14.7 Å². The molecule has 1 amide bonds. The first kappa shape index (κ1) is 24.9. The number of para-hydroxylation sites is 1. The van der Waals surface area contributed by atoms with Crippen molar-refractivity contribution in [2.24, 2.45) is 0 Å². The summed E-state index contributed by atoms with van der Waals surface area (Å²) in [5, 5.41) is 4.60. The largest absolute Gasteiger partial charge is 0.467 e. The summed E-state index contributed by atoms with van der Waals surface area (Å²) in [5.74, 6) is -1.98. The first-order chi connectivity index (χ1) is 18.4. The Kier molecular flexibility index (Phi) is 6.99. The quantitative estimate of drug-likeness (QED) is 0.227. The molecule has 5 aromatic rings. The number of furan rings is 1. The minimum Gasteiger partial charge on any atom is -0.467 e. The maximum Gasteiger partial charge on any atom is 0.254 e. The van der Waals surface area contributed by atoms with Crippen LogP contribution < -0.4 is 4.74 Å². The molecular weight excluding hydrogens is 495 g/mol. The van der Waals surface area contributed by atoms with Crippen LogP contribution in [0, 0.1) is 24.4 Å². The summed E-state index contributed by atoms with van der Waals surface area (Å²) in [6.45, 7) is 1.85. The van der Waals surface area contributed by atoms with Crippen molar-refractivity contribution in [2.75, 3.05) is 0 Å². The number of nitrogens with zero attached hydrogens (tertiary/aromatic N) is 3. The molecule has 3 aromatic carbocycles. The molecule has 0 aliphatic heterocycles. The molecule has 192 valence electrons. The van der Waals surface area contributed by atoms with Crippen molar-refractivity contribution in [3.63, 3.8) is 0 Å². The molecule has 0 radical (unpaired) electrons. The molecule has 2 heterocycles. The molecule has 0 fully saturated rings. The number of carbonyl (C=O) groups is 1. The van der Waals surface area contributed by atoms with Gasteiger partial charge in [0.1, 0.15) is 17.4 Å². The molecule has 2 aromatic heterocycles. The number of carbonyl (C=O) groups excluding carboxylic acids is 1. The van der Waals surface area contributed by atoms with E-state index in [-0.39, 0.29) is 36.2 Å². The van der Waals surface area contributed by atoms with Crippen LogP contribution >= 0.6 is 0 Å². The van der Waals surface area contributed by atoms with E-state index in [1.807, 2.05) is 18.2 Å². The Labute approximate surface area is 216 Å². The van der Waals surface area contributed by atoms with Crippen LogP contribution in [-0.2, 0) is 13.1 Å². The van der Waals surface area contributed by atoms with Crippen molar-refractivity contribution in [3.05, 3.63) is 131 Å². The van der Waals surface area contributed by atoms with Crippen LogP contribution in [0.15, 0.2) is 95.6 Å². The molecule has 0 bridgehead atoms. The van der Waals surface area contributed by atoms with Crippen molar-refractivity contribution >= 4 is 5.91 Å². The second-order valence-electron chi connectivity index (χ2n) is 8.54. The maximum absolute atomic E-state index is 14.6. The van der Waals surface area contributed by atoms with Gasteiger partial charge in [0.2, 0.25) is 5.88 Å². The third-order valence-electron chi connectivity index (χ3n) is 5.89. The number of aromatic nitrogens is 2. The fraction of sp³-hybridized carbons (Fsp3) is 0.103. The number of hydrogen-bond acceptors (Lipinski definition) is 4. The predicted octanol–water partition coefficient (Wildman–Crippen LogP) is 6.83. The zero-order valence-electron chi connectivity index (χ0n) is 20.3. The zero-order chi connectivity index (χ0) is 26.6. The molecular formula is C29H22F3N3O3. The Balaban J connectivity index is 1.58. The molecule has 0 aliphatic carbocycles. The Hall–Kier alpha value is -4.79. The first-order valence-corrected chi connectivity index (χ1v) is 11.7. The van der Waals surface area contributed by atoms with Gasteiger partial charge in [-0.15, -0.1) is 0 Å². The molecule has 0 aliphatic rings. The van der Waals surface area contributed by atoms with Gasteiger partial charge in [-0.05, 0) is 67.6 Å². The Morgan fingerprint density at radius 2 is 1.66 bits per heavy atom. The first-order valence-electron chi connectivity index (χ1n) is 11.7. The smallest absolute Gasteiger partial charge is 0.254 e. The Bertz CT molecular complexity index is 1550. The van der Waals surface area contributed by atoms with Crippen LogP contribution in [0.2, 0.25) is 0 Å². The van der Waals surface area contributed by atoms with Gasteiger partial charge in [0.15, 0.2) is 11.6 Å². The molecule has 0 atom stereocenters. The molecule has 5 rings (SSSR count). The van der Waals surface area contributed by atoms with Crippen LogP contribution in [0.4, 0.5) is 13.2 Å². The van der Waals surface area contributed by atoms with Gasteiger partial charge in [-0.2, -0.15) is 5.10 Å². The SMILES string of the molecule is Cc1nn(-c2ccccc2)c(Oc2ccc(F)cc2F)c1CN(Cc1ccco1)C(=O)c1ccc(F)cc1. The summed E-state index contributed by atoms with van der Waals surface area (Å²) in [6.07, 6.45) is 1.50. The van der Waals surface area contributed by atoms with Crippen molar-refractivity contribution in [2.45, 2.75) is 20.0 Å². The van der Waals surface area contributed by atoms with Gasteiger partial charge >= 0.3 is 0 Å². The standard InChI is InChI=1S/C29H22F3N3O3/c1-19-25(18-34(17-24-8-5-15-37-24)28(36)20-9-11-21(30)12-10-20)29(35(33-19)23-6-3-2-4-7-23)38-27-14-13-22(31)16-26(27)32/h2-16H,17-18H2,1H3. The fourth-order valence-electron chi connectivity index (χ4n) is 3.99. The van der Waals surface area contributed by atoms with Gasteiger partial charge < -0.3 is 14.1 Å². The van der Waals surface area contributed by atoms with Crippen LogP contribution in [0.25, 0.3) is 5.69 Å². The highest BCUT2D eigenvalue weighted by atomic mass is 19.1. The maximum atomic E-state index is 14.6. The lowest BCUT2D eigenvalue weighted by molar-refractivity contribution is 0.0716. The van der Waals surface area contributed by atoms with E-state index < -0.39 is 17.5 Å². The van der Waals surface area contributed by atoms with Crippen molar-refractivity contribution in [1.29, 1.82) is 0 Å². The van der Waals surface area contributed by atoms with Gasteiger partial charge in [-0.1, -0.05) is 18.2 Å². The van der Waals surface area contributed by atoms with Crippen LogP contribution in [0.1, 0.15) is 27.4 Å². The second kappa shape index (κ2) is 10.7. The number of halogens is 3. The molecule has 0 saturated heterocycles. The number of hydrogen-bond donors (Lipinski definition) is 0. The number of rotatable bonds is 8. The zero-order valence-corrected chi connectivity index (χ0v) is 20.3. The monoisotopic (exact) mass is 517 g/mol. The lowest BCUT2D eigenvalue weighted by Gasteiger charge is -2.22. The second-order valence-corrected chi connectivity index (χ2v) is 8.54. The van der Waals surface area contributed by atoms with E-state index in [0.717, 1.165) is 12.1 Å². The fourth-order valence-corrected chi connectivity index (χ4v) is 3.99. The van der Waals surface area contributed by atoms with Crippen molar-refractivity contribution in [3.8, 4) is 17.3 Å². The van der Waals surface area contributed by atoms with E-state index in [2.05, 4.69) is 5.10 Å². The summed E-state index contributed by atoms with van der Waals surface area (Å²) in [4.78, 5) is 15.0. The molecule has 0 spiro atoms. The number of ether oxygens (including phenoxy) is 1. The van der Waals surface area contributed by atoms with Crippen molar-refractivity contribution < 1.29 is 27.1 Å². The van der Waals surface area contributed by atoms with Gasteiger partial charge in [0.05, 0.1) is 36.3 Å². The van der Waals surface area contributed by atoms with E-state index >= 15 is 0 Å². The number of aryl methyl sites for hydroxylation is 1. The van der Waals surface area contributed by atoms with Crippen LogP contribution in [0.3, 0.4) is 0 Å². The van der Waals surface area contributed by atoms with E-state index in [9.17, 15) is 18.0 Å². The van der Waals surface area contributed by atoms with E-state index in [1.54, 1.807) is 31.2 Å². The lowest BCUT2D eigenvalue weighted by Crippen LogP contribution is -2.30. The minimum absolute atomic E-state index is 0.00766. The van der Waals surface area contributed by atoms with Crippen LogP contribution in [-0.4, -0.2) is 20.6 Å². The molecule has 0 unspecified atom stereocenters. The average molecular weight is 518 g/mol. The predicted molar refractivity (Wildman–Crippen MR) is 133 cm³/mol.